The van der Waals surface area contributed by atoms with Crippen molar-refractivity contribution in [1.82, 2.24) is 9.55 Å². The summed E-state index contributed by atoms with van der Waals surface area (Å²) >= 11 is 6.29. The molecule has 0 saturated heterocycles. The third kappa shape index (κ3) is 4.32. The Bertz CT molecular complexity index is 1140. The lowest BCUT2D eigenvalue weighted by atomic mass is 10.1. The molecule has 0 bridgehead atoms. The van der Waals surface area contributed by atoms with Gasteiger partial charge < -0.3 is 9.47 Å². The Kier molecular flexibility index (Phi) is 6.03. The number of benzene rings is 2. The first kappa shape index (κ1) is 20.6. The first-order valence-electron chi connectivity index (χ1n) is 8.98. The van der Waals surface area contributed by atoms with Gasteiger partial charge in [0.1, 0.15) is 12.4 Å². The second-order valence-electron chi connectivity index (χ2n) is 6.69. The third-order valence-electron chi connectivity index (χ3n) is 4.49. The molecule has 0 amide bonds. The van der Waals surface area contributed by atoms with Gasteiger partial charge in [0.2, 0.25) is 5.88 Å². The van der Waals surface area contributed by atoms with Crippen molar-refractivity contribution in [3.05, 3.63) is 85.9 Å². The van der Waals surface area contributed by atoms with Gasteiger partial charge in [0.25, 0.3) is 5.56 Å². The van der Waals surface area contributed by atoms with Crippen LogP contribution in [0.25, 0.3) is 5.69 Å². The van der Waals surface area contributed by atoms with Gasteiger partial charge in [0.05, 0.1) is 18.4 Å². The van der Waals surface area contributed by atoms with Gasteiger partial charge in [-0.3, -0.25) is 9.36 Å². The Labute approximate surface area is 173 Å². The molecular weight excluding hydrogens is 392 g/mol. The molecule has 1 aromatic heterocycles. The summed E-state index contributed by atoms with van der Waals surface area (Å²) in [7, 11) is 1.30. The molecule has 150 valence electrons. The Morgan fingerprint density at radius 1 is 1.14 bits per heavy atom. The first-order chi connectivity index (χ1) is 13.8. The largest absolute Gasteiger partial charge is 0.472 e. The molecule has 0 aliphatic carbocycles. The van der Waals surface area contributed by atoms with Crippen LogP contribution in [0.5, 0.6) is 5.88 Å². The molecule has 7 heteroatoms. The Morgan fingerprint density at radius 3 is 2.59 bits per heavy atom. The highest BCUT2D eigenvalue weighted by Gasteiger charge is 2.18. The smallest absolute Gasteiger partial charge is 0.337 e. The Hall–Kier alpha value is -3.12. The van der Waals surface area contributed by atoms with Crippen LogP contribution in [-0.2, 0) is 11.3 Å². The molecule has 0 radical (unpaired) electrons. The van der Waals surface area contributed by atoms with Gasteiger partial charge in [0, 0.05) is 0 Å². The number of carbonyl (C=O) groups excluding carboxylic acids is 1. The quantitative estimate of drug-likeness (QED) is 0.588. The lowest BCUT2D eigenvalue weighted by Crippen LogP contribution is -2.24. The standard InChI is InChI=1S/C22H21ClN2O4/c1-13-6-5-7-16(10-13)12-29-20-19(23)21(26)25(15(3)24-20)18-11-17(22(27)28-4)9-8-14(18)2/h5-11H,12H2,1-4H3. The van der Waals surface area contributed by atoms with E-state index in [1.165, 1.54) is 11.7 Å². The molecule has 0 spiro atoms. The zero-order chi connectivity index (χ0) is 21.1. The average Bonchev–Trinajstić information content (AvgIpc) is 2.70. The summed E-state index contributed by atoms with van der Waals surface area (Å²) in [5, 5.41) is -0.119. The minimum absolute atomic E-state index is 0.0775. The van der Waals surface area contributed by atoms with Gasteiger partial charge in [-0.25, -0.2) is 4.79 Å². The molecule has 0 saturated carbocycles. The van der Waals surface area contributed by atoms with Crippen molar-refractivity contribution in [1.29, 1.82) is 0 Å². The van der Waals surface area contributed by atoms with Crippen LogP contribution in [-0.4, -0.2) is 22.6 Å². The fourth-order valence-corrected chi connectivity index (χ4v) is 3.19. The minimum atomic E-state index is -0.492. The second kappa shape index (κ2) is 8.49. The van der Waals surface area contributed by atoms with Crippen molar-refractivity contribution < 1.29 is 14.3 Å². The maximum Gasteiger partial charge on any atom is 0.337 e. The minimum Gasteiger partial charge on any atom is -0.472 e. The predicted octanol–water partition coefficient (Wildman–Crippen LogP) is 4.18. The lowest BCUT2D eigenvalue weighted by molar-refractivity contribution is 0.0600. The maximum atomic E-state index is 13.0. The number of esters is 1. The number of ether oxygens (including phenoxy) is 2. The molecule has 1 heterocycles. The zero-order valence-corrected chi connectivity index (χ0v) is 17.4. The molecule has 3 rings (SSSR count). The van der Waals surface area contributed by atoms with E-state index in [2.05, 4.69) is 4.98 Å². The average molecular weight is 413 g/mol. The van der Waals surface area contributed by atoms with Gasteiger partial charge >= 0.3 is 5.97 Å². The van der Waals surface area contributed by atoms with Gasteiger partial charge in [-0.2, -0.15) is 4.98 Å². The van der Waals surface area contributed by atoms with E-state index in [-0.39, 0.29) is 17.5 Å². The number of hydrogen-bond acceptors (Lipinski definition) is 5. The monoisotopic (exact) mass is 412 g/mol. The summed E-state index contributed by atoms with van der Waals surface area (Å²) in [5.74, 6) is -0.0217. The van der Waals surface area contributed by atoms with E-state index in [0.29, 0.717) is 17.1 Å². The van der Waals surface area contributed by atoms with Gasteiger partial charge in [-0.05, 0) is 44.0 Å². The maximum absolute atomic E-state index is 13.0. The number of halogens is 1. The molecule has 0 atom stereocenters. The number of carbonyl (C=O) groups is 1. The number of rotatable bonds is 5. The summed E-state index contributed by atoms with van der Waals surface area (Å²) in [6, 6.07) is 12.8. The molecule has 0 N–H and O–H groups in total. The van der Waals surface area contributed by atoms with Crippen LogP contribution >= 0.6 is 11.6 Å². The van der Waals surface area contributed by atoms with Crippen molar-refractivity contribution >= 4 is 17.6 Å². The topological polar surface area (TPSA) is 70.4 Å². The van der Waals surface area contributed by atoms with Crippen molar-refractivity contribution in [2.24, 2.45) is 0 Å². The Balaban J connectivity index is 2.00. The molecular formula is C22H21ClN2O4. The van der Waals surface area contributed by atoms with E-state index in [9.17, 15) is 9.59 Å². The van der Waals surface area contributed by atoms with E-state index in [0.717, 1.165) is 16.7 Å². The van der Waals surface area contributed by atoms with Crippen molar-refractivity contribution in [2.75, 3.05) is 7.11 Å². The first-order valence-corrected chi connectivity index (χ1v) is 9.36. The van der Waals surface area contributed by atoms with Crippen molar-refractivity contribution in [2.45, 2.75) is 27.4 Å². The van der Waals surface area contributed by atoms with Gasteiger partial charge in [-0.1, -0.05) is 47.5 Å². The fourth-order valence-electron chi connectivity index (χ4n) is 3.01. The van der Waals surface area contributed by atoms with Crippen LogP contribution in [0.15, 0.2) is 47.3 Å². The number of hydrogen-bond donors (Lipinski definition) is 0. The van der Waals surface area contributed by atoms with Crippen LogP contribution in [0.2, 0.25) is 5.02 Å². The fraction of sp³-hybridized carbons (Fsp3) is 0.227. The van der Waals surface area contributed by atoms with E-state index in [4.69, 9.17) is 21.1 Å². The van der Waals surface area contributed by atoms with Crippen molar-refractivity contribution in [3.63, 3.8) is 0 Å². The molecule has 0 aliphatic rings. The summed E-state index contributed by atoms with van der Waals surface area (Å²) in [6.07, 6.45) is 0. The van der Waals surface area contributed by atoms with E-state index in [1.807, 2.05) is 38.1 Å². The van der Waals surface area contributed by atoms with Gasteiger partial charge in [0.15, 0.2) is 5.02 Å². The molecule has 0 aliphatic heterocycles. The molecule has 0 unspecified atom stereocenters. The normalized spacial score (nSPS) is 10.7. The number of aryl methyl sites for hydroxylation is 3. The summed E-state index contributed by atoms with van der Waals surface area (Å²) in [6.45, 7) is 5.75. The van der Waals surface area contributed by atoms with Crippen LogP contribution in [0, 0.1) is 20.8 Å². The molecule has 29 heavy (non-hydrogen) atoms. The van der Waals surface area contributed by atoms with Crippen LogP contribution < -0.4 is 10.3 Å². The van der Waals surface area contributed by atoms with E-state index in [1.54, 1.807) is 25.1 Å². The number of nitrogens with zero attached hydrogens (tertiary/aromatic N) is 2. The van der Waals surface area contributed by atoms with E-state index < -0.39 is 11.5 Å². The molecule has 3 aromatic rings. The van der Waals surface area contributed by atoms with Crippen molar-refractivity contribution in [3.8, 4) is 11.6 Å². The van der Waals surface area contributed by atoms with E-state index >= 15 is 0 Å². The van der Waals surface area contributed by atoms with Crippen LogP contribution in [0.3, 0.4) is 0 Å². The summed E-state index contributed by atoms with van der Waals surface area (Å²) < 4.78 is 11.8. The third-order valence-corrected chi connectivity index (χ3v) is 4.82. The molecule has 6 nitrogen and oxygen atoms in total. The highest BCUT2D eigenvalue weighted by molar-refractivity contribution is 6.31. The summed E-state index contributed by atoms with van der Waals surface area (Å²) in [4.78, 5) is 29.2. The van der Waals surface area contributed by atoms with Crippen LogP contribution in [0.4, 0.5) is 0 Å². The van der Waals surface area contributed by atoms with Gasteiger partial charge in [-0.15, -0.1) is 0 Å². The highest BCUT2D eigenvalue weighted by Crippen LogP contribution is 2.23. The Morgan fingerprint density at radius 2 is 1.90 bits per heavy atom. The SMILES string of the molecule is COC(=O)c1ccc(C)c(-n2c(C)nc(OCc3cccc(C)c3)c(Cl)c2=O)c1. The molecule has 2 aromatic carbocycles. The zero-order valence-electron chi connectivity index (χ0n) is 16.7. The second-order valence-corrected chi connectivity index (χ2v) is 7.07. The summed E-state index contributed by atoms with van der Waals surface area (Å²) in [5.41, 5.74) is 3.21. The number of methoxy groups -OCH3 is 1. The molecule has 0 fully saturated rings. The predicted molar refractivity (Wildman–Crippen MR) is 111 cm³/mol. The highest BCUT2D eigenvalue weighted by atomic mass is 35.5. The van der Waals surface area contributed by atoms with Crippen LogP contribution in [0.1, 0.15) is 32.9 Å². The number of aromatic nitrogens is 2. The lowest BCUT2D eigenvalue weighted by Gasteiger charge is -2.16.